The Morgan fingerprint density at radius 3 is 1.81 bits per heavy atom. The quantitative estimate of drug-likeness (QED) is 0.191. The van der Waals surface area contributed by atoms with E-state index >= 15 is 0 Å². The van der Waals surface area contributed by atoms with Gasteiger partial charge in [0, 0.05) is 0 Å². The molecular formula is C23H30O13. The highest BCUT2D eigenvalue weighted by atomic mass is 16.7. The molecule has 10 atom stereocenters. The van der Waals surface area contributed by atoms with Gasteiger partial charge >= 0.3 is 0 Å². The Labute approximate surface area is 204 Å². The summed E-state index contributed by atoms with van der Waals surface area (Å²) in [5.74, 6) is -0.619. The second-order valence-electron chi connectivity index (χ2n) is 8.86. The lowest BCUT2D eigenvalue weighted by atomic mass is 9.99. The number of hydrogen-bond donors (Lipinski definition) is 9. The summed E-state index contributed by atoms with van der Waals surface area (Å²) in [6, 6.07) is 6.31. The number of phenols is 1. The van der Waals surface area contributed by atoms with E-state index in [2.05, 4.69) is 0 Å². The molecule has 36 heavy (non-hydrogen) atoms. The lowest BCUT2D eigenvalue weighted by molar-refractivity contribution is -0.277. The number of hydrogen-bond acceptors (Lipinski definition) is 13. The van der Waals surface area contributed by atoms with Gasteiger partial charge in [-0.2, -0.15) is 0 Å². The van der Waals surface area contributed by atoms with Crippen LogP contribution in [0.4, 0.5) is 0 Å². The van der Waals surface area contributed by atoms with Crippen molar-refractivity contribution < 1.29 is 64.9 Å². The third-order valence-corrected chi connectivity index (χ3v) is 6.41. The van der Waals surface area contributed by atoms with Crippen LogP contribution < -0.4 is 9.47 Å². The molecular weight excluding hydrogens is 484 g/mol. The second kappa shape index (κ2) is 10.6. The van der Waals surface area contributed by atoms with Gasteiger partial charge in [-0.25, -0.2) is 0 Å². The fraction of sp³-hybridized carbons (Fsp3) is 0.565. The maximum absolute atomic E-state index is 11.1. The molecule has 0 bridgehead atoms. The molecule has 2 heterocycles. The first kappa shape index (κ1) is 26.8. The molecule has 13 heteroatoms. The first-order valence-electron chi connectivity index (χ1n) is 11.3. The lowest BCUT2D eigenvalue weighted by Crippen LogP contribution is -2.60. The minimum atomic E-state index is -1.71. The van der Waals surface area contributed by atoms with Gasteiger partial charge in [0.15, 0.2) is 11.5 Å². The molecule has 2 aromatic carbocycles. The van der Waals surface area contributed by atoms with Crippen molar-refractivity contribution in [2.45, 2.75) is 68.3 Å². The monoisotopic (exact) mass is 514 g/mol. The average molecular weight is 514 g/mol. The van der Waals surface area contributed by atoms with E-state index in [0.29, 0.717) is 10.9 Å². The summed E-state index contributed by atoms with van der Waals surface area (Å²) in [4.78, 5) is 0. The topological polar surface area (TPSA) is 219 Å². The van der Waals surface area contributed by atoms with Crippen molar-refractivity contribution in [3.63, 3.8) is 0 Å². The van der Waals surface area contributed by atoms with Gasteiger partial charge in [0.2, 0.25) is 12.6 Å². The minimum absolute atomic E-state index is 0.00650. The first-order valence-corrected chi connectivity index (χ1v) is 11.3. The number of aromatic hydroxyl groups is 1. The van der Waals surface area contributed by atoms with Gasteiger partial charge in [0.25, 0.3) is 0 Å². The van der Waals surface area contributed by atoms with E-state index in [0.717, 1.165) is 0 Å². The summed E-state index contributed by atoms with van der Waals surface area (Å²) in [6.45, 7) is 0.288. The number of ether oxygens (including phenoxy) is 4. The highest BCUT2D eigenvalue weighted by Crippen LogP contribution is 2.44. The van der Waals surface area contributed by atoms with Crippen LogP contribution >= 0.6 is 0 Å². The summed E-state index contributed by atoms with van der Waals surface area (Å²) in [5, 5.41) is 91.2. The maximum atomic E-state index is 11.1. The molecule has 2 aromatic rings. The molecule has 2 saturated heterocycles. The molecule has 0 unspecified atom stereocenters. The summed E-state index contributed by atoms with van der Waals surface area (Å²) < 4.78 is 22.2. The largest absolute Gasteiger partial charge is 0.504 e. The SMILES string of the molecule is Cc1cc2cccc(O[C@@H]3O[C@H](CO)[C@@H](O)[C@H](O)[C@H]3O)c2c(O)c1O[C@@H]1O[C@H](CO)[C@@H](O)[C@H](O)[C@H]1O. The molecule has 9 N–H and O–H groups in total. The van der Waals surface area contributed by atoms with Crippen molar-refractivity contribution in [2.24, 2.45) is 0 Å². The van der Waals surface area contributed by atoms with Crippen molar-refractivity contribution in [1.82, 2.24) is 0 Å². The Morgan fingerprint density at radius 2 is 1.28 bits per heavy atom. The van der Waals surface area contributed by atoms with Crippen LogP contribution in [0.5, 0.6) is 17.2 Å². The third kappa shape index (κ3) is 4.70. The zero-order valence-corrected chi connectivity index (χ0v) is 19.2. The summed E-state index contributed by atoms with van der Waals surface area (Å²) >= 11 is 0. The number of phenolic OH excluding ortho intramolecular Hbond substituents is 1. The van der Waals surface area contributed by atoms with Crippen LogP contribution in [0.2, 0.25) is 0 Å². The molecule has 0 radical (unpaired) electrons. The smallest absolute Gasteiger partial charge is 0.229 e. The number of aliphatic hydroxyl groups is 8. The molecule has 0 saturated carbocycles. The Kier molecular flexibility index (Phi) is 7.87. The Hall–Kier alpha value is -2.30. The van der Waals surface area contributed by atoms with Gasteiger partial charge in [0.05, 0.1) is 18.6 Å². The number of aryl methyl sites for hydroxylation is 1. The Bertz CT molecular complexity index is 1060. The Balaban J connectivity index is 1.68. The predicted molar refractivity (Wildman–Crippen MR) is 119 cm³/mol. The van der Waals surface area contributed by atoms with Crippen LogP contribution in [0.15, 0.2) is 24.3 Å². The van der Waals surface area contributed by atoms with E-state index in [4.69, 9.17) is 18.9 Å². The van der Waals surface area contributed by atoms with Gasteiger partial charge < -0.3 is 64.9 Å². The maximum Gasteiger partial charge on any atom is 0.229 e. The standard InChI is InChI=1S/C23H30O13/c1-8-5-9-3-2-4-10(33-22-19(31)17(29)14(26)11(6-24)34-22)13(9)16(28)21(8)36-23-20(32)18(30)15(27)12(7-25)35-23/h2-5,11-12,14-15,17-20,22-32H,6-7H2,1H3/t11-,12-,14-,15-,17+,18+,19-,20-,22-,23+/m1/s1. The molecule has 0 amide bonds. The normalized spacial score (nSPS) is 37.1. The molecule has 4 rings (SSSR count). The van der Waals surface area contributed by atoms with Crippen LogP contribution in [-0.4, -0.2) is 121 Å². The van der Waals surface area contributed by atoms with Crippen molar-refractivity contribution in [3.8, 4) is 17.2 Å². The van der Waals surface area contributed by atoms with Crippen molar-refractivity contribution in [3.05, 3.63) is 29.8 Å². The van der Waals surface area contributed by atoms with Crippen LogP contribution in [0.3, 0.4) is 0 Å². The molecule has 2 aliphatic rings. The summed E-state index contributed by atoms with van der Waals surface area (Å²) in [7, 11) is 0. The van der Waals surface area contributed by atoms with E-state index in [1.165, 1.54) is 6.07 Å². The third-order valence-electron chi connectivity index (χ3n) is 6.41. The highest BCUT2D eigenvalue weighted by molar-refractivity contribution is 5.96. The van der Waals surface area contributed by atoms with Crippen LogP contribution in [0.1, 0.15) is 5.56 Å². The number of aliphatic hydroxyl groups excluding tert-OH is 8. The summed E-state index contributed by atoms with van der Waals surface area (Å²) in [6.07, 6.45) is -15.4. The molecule has 2 aliphatic heterocycles. The van der Waals surface area contributed by atoms with Gasteiger partial charge in [-0.3, -0.25) is 0 Å². The average Bonchev–Trinajstić information content (AvgIpc) is 2.86. The molecule has 0 spiro atoms. The van der Waals surface area contributed by atoms with E-state index in [9.17, 15) is 46.0 Å². The predicted octanol–water partition coefficient (Wildman–Crippen LogP) is -2.79. The van der Waals surface area contributed by atoms with E-state index in [-0.39, 0.29) is 16.9 Å². The van der Waals surface area contributed by atoms with Crippen LogP contribution in [-0.2, 0) is 9.47 Å². The van der Waals surface area contributed by atoms with E-state index in [1.54, 1.807) is 25.1 Å². The van der Waals surface area contributed by atoms with Gasteiger partial charge in [-0.1, -0.05) is 12.1 Å². The van der Waals surface area contributed by atoms with Crippen LogP contribution in [0, 0.1) is 6.92 Å². The Morgan fingerprint density at radius 1 is 0.750 bits per heavy atom. The van der Waals surface area contributed by atoms with Crippen molar-refractivity contribution in [1.29, 1.82) is 0 Å². The van der Waals surface area contributed by atoms with Crippen LogP contribution in [0.25, 0.3) is 10.8 Å². The number of fused-ring (bicyclic) bond motifs is 1. The molecule has 200 valence electrons. The highest BCUT2D eigenvalue weighted by Gasteiger charge is 2.46. The second-order valence-corrected chi connectivity index (χ2v) is 8.86. The minimum Gasteiger partial charge on any atom is -0.504 e. The summed E-state index contributed by atoms with van der Waals surface area (Å²) in [5.41, 5.74) is 0.405. The molecule has 2 fully saturated rings. The van der Waals surface area contributed by atoms with Crippen molar-refractivity contribution >= 4 is 10.8 Å². The van der Waals surface area contributed by atoms with Gasteiger partial charge in [-0.05, 0) is 30.0 Å². The van der Waals surface area contributed by atoms with Crippen molar-refractivity contribution in [2.75, 3.05) is 13.2 Å². The lowest BCUT2D eigenvalue weighted by Gasteiger charge is -2.40. The van der Waals surface area contributed by atoms with Gasteiger partial charge in [0.1, 0.15) is 54.6 Å². The van der Waals surface area contributed by atoms with E-state index in [1.807, 2.05) is 0 Å². The fourth-order valence-electron chi connectivity index (χ4n) is 4.34. The zero-order chi connectivity index (χ0) is 26.3. The number of rotatable bonds is 6. The fourth-order valence-corrected chi connectivity index (χ4v) is 4.34. The number of benzene rings is 2. The van der Waals surface area contributed by atoms with E-state index < -0.39 is 80.4 Å². The molecule has 13 nitrogen and oxygen atoms in total. The molecule has 0 aliphatic carbocycles. The molecule has 0 aromatic heterocycles. The first-order chi connectivity index (χ1) is 17.1. The zero-order valence-electron chi connectivity index (χ0n) is 19.2. The van der Waals surface area contributed by atoms with Gasteiger partial charge in [-0.15, -0.1) is 0 Å².